The zero-order valence-corrected chi connectivity index (χ0v) is 13.3. The molecule has 20 heavy (non-hydrogen) atoms. The first kappa shape index (κ1) is 15.0. The molecule has 2 aromatic carbocycles. The van der Waals surface area contributed by atoms with Crippen LogP contribution < -0.4 is 11.1 Å². The van der Waals surface area contributed by atoms with Crippen LogP contribution in [0.2, 0.25) is 0 Å². The summed E-state index contributed by atoms with van der Waals surface area (Å²) in [6.45, 7) is 4.02. The third-order valence-corrected chi connectivity index (χ3v) is 4.38. The Hall–Kier alpha value is -1.39. The molecular formula is C16H19BrN2O. The van der Waals surface area contributed by atoms with E-state index in [1.165, 1.54) is 0 Å². The summed E-state index contributed by atoms with van der Waals surface area (Å²) in [4.78, 5) is 12.2. The van der Waals surface area contributed by atoms with Crippen molar-refractivity contribution in [3.63, 3.8) is 0 Å². The Bertz CT molecular complexity index is 627. The summed E-state index contributed by atoms with van der Waals surface area (Å²) >= 11 is 3.52. The van der Waals surface area contributed by atoms with Crippen LogP contribution in [0.1, 0.15) is 20.3 Å². The van der Waals surface area contributed by atoms with Gasteiger partial charge in [-0.2, -0.15) is 0 Å². The fraction of sp³-hybridized carbons (Fsp3) is 0.312. The molecule has 0 aliphatic heterocycles. The van der Waals surface area contributed by atoms with Crippen LogP contribution in [0.5, 0.6) is 0 Å². The summed E-state index contributed by atoms with van der Waals surface area (Å²) in [7, 11) is 0. The van der Waals surface area contributed by atoms with Crippen molar-refractivity contribution in [2.45, 2.75) is 26.3 Å². The number of halogens is 1. The number of hydrogen-bond acceptors (Lipinski definition) is 2. The number of carbonyl (C=O) groups is 1. The highest BCUT2D eigenvalue weighted by molar-refractivity contribution is 9.10. The Morgan fingerprint density at radius 1 is 1.25 bits per heavy atom. The van der Waals surface area contributed by atoms with Gasteiger partial charge in [0.25, 0.3) is 0 Å². The fourth-order valence-corrected chi connectivity index (χ4v) is 2.58. The molecule has 3 N–H and O–H groups in total. The van der Waals surface area contributed by atoms with Crippen molar-refractivity contribution < 1.29 is 4.79 Å². The van der Waals surface area contributed by atoms with Gasteiger partial charge in [0.05, 0.1) is 6.04 Å². The second kappa shape index (κ2) is 6.37. The Labute approximate surface area is 127 Å². The van der Waals surface area contributed by atoms with E-state index >= 15 is 0 Å². The lowest BCUT2D eigenvalue weighted by atomic mass is 9.99. The number of nitrogens with one attached hydrogen (secondary N) is 1. The van der Waals surface area contributed by atoms with Crippen LogP contribution in [-0.4, -0.2) is 11.9 Å². The zero-order valence-electron chi connectivity index (χ0n) is 11.7. The number of anilines is 1. The van der Waals surface area contributed by atoms with Gasteiger partial charge in [0.1, 0.15) is 0 Å². The van der Waals surface area contributed by atoms with Gasteiger partial charge in [-0.1, -0.05) is 60.5 Å². The van der Waals surface area contributed by atoms with E-state index in [-0.39, 0.29) is 11.8 Å². The van der Waals surface area contributed by atoms with E-state index < -0.39 is 6.04 Å². The van der Waals surface area contributed by atoms with Gasteiger partial charge in [-0.3, -0.25) is 4.79 Å². The number of amides is 1. The Morgan fingerprint density at radius 2 is 1.90 bits per heavy atom. The maximum absolute atomic E-state index is 12.2. The molecule has 3 nitrogen and oxygen atoms in total. The smallest absolute Gasteiger partial charge is 0.241 e. The van der Waals surface area contributed by atoms with Crippen LogP contribution in [0.15, 0.2) is 40.9 Å². The van der Waals surface area contributed by atoms with E-state index in [2.05, 4.69) is 21.2 Å². The predicted molar refractivity (Wildman–Crippen MR) is 87.7 cm³/mol. The number of benzene rings is 2. The molecule has 0 fully saturated rings. The Balaban J connectivity index is 2.31. The molecule has 2 atom stereocenters. The number of nitrogens with two attached hydrogens (primary N) is 1. The molecule has 0 aliphatic carbocycles. The van der Waals surface area contributed by atoms with Gasteiger partial charge < -0.3 is 11.1 Å². The molecule has 0 spiro atoms. The summed E-state index contributed by atoms with van der Waals surface area (Å²) in [5, 5.41) is 5.02. The predicted octanol–water partition coefficient (Wildman–Crippen LogP) is 3.91. The molecule has 1 unspecified atom stereocenters. The fourth-order valence-electron chi connectivity index (χ4n) is 2.10. The molecule has 1 amide bonds. The van der Waals surface area contributed by atoms with Crippen molar-refractivity contribution >= 4 is 38.3 Å². The van der Waals surface area contributed by atoms with Crippen LogP contribution in [-0.2, 0) is 4.79 Å². The molecule has 0 heterocycles. The maximum atomic E-state index is 12.2. The van der Waals surface area contributed by atoms with Gasteiger partial charge in [0.2, 0.25) is 5.91 Å². The van der Waals surface area contributed by atoms with Crippen molar-refractivity contribution in [3.8, 4) is 0 Å². The maximum Gasteiger partial charge on any atom is 0.241 e. The van der Waals surface area contributed by atoms with Crippen molar-refractivity contribution in [3.05, 3.63) is 40.9 Å². The van der Waals surface area contributed by atoms with Gasteiger partial charge in [-0.25, -0.2) is 0 Å². The first-order valence-electron chi connectivity index (χ1n) is 6.78. The van der Waals surface area contributed by atoms with Gasteiger partial charge in [0, 0.05) is 15.5 Å². The highest BCUT2D eigenvalue weighted by Gasteiger charge is 2.20. The van der Waals surface area contributed by atoms with Crippen molar-refractivity contribution in [2.24, 2.45) is 11.7 Å². The lowest BCUT2D eigenvalue weighted by Crippen LogP contribution is -2.40. The molecule has 0 saturated carbocycles. The monoisotopic (exact) mass is 334 g/mol. The number of fused-ring (bicyclic) bond motifs is 1. The first-order valence-corrected chi connectivity index (χ1v) is 7.57. The quantitative estimate of drug-likeness (QED) is 0.890. The third-order valence-electron chi connectivity index (χ3n) is 3.69. The molecule has 0 bridgehead atoms. The summed E-state index contributed by atoms with van der Waals surface area (Å²) in [6, 6.07) is 11.3. The Kier molecular flexibility index (Phi) is 4.78. The molecule has 4 heteroatoms. The normalized spacial score (nSPS) is 14.0. The molecule has 2 aromatic rings. The van der Waals surface area contributed by atoms with Crippen LogP contribution in [0.4, 0.5) is 5.69 Å². The Morgan fingerprint density at radius 3 is 2.55 bits per heavy atom. The second-order valence-corrected chi connectivity index (χ2v) is 5.90. The van der Waals surface area contributed by atoms with E-state index in [1.54, 1.807) is 0 Å². The second-order valence-electron chi connectivity index (χ2n) is 5.04. The SMILES string of the molecule is CCC(C)[C@H](N)C(=O)Nc1ccc(Br)c2ccccc12. The van der Waals surface area contributed by atoms with Gasteiger partial charge in [-0.05, 0) is 23.4 Å². The van der Waals surface area contributed by atoms with Crippen molar-refractivity contribution in [1.82, 2.24) is 0 Å². The standard InChI is InChI=1S/C16H19BrN2O/c1-3-10(2)15(18)16(20)19-14-9-8-13(17)11-6-4-5-7-12(11)14/h4-10,15H,3,18H2,1-2H3,(H,19,20)/t10?,15-/m0/s1. The van der Waals surface area contributed by atoms with Gasteiger partial charge >= 0.3 is 0 Å². The van der Waals surface area contributed by atoms with Gasteiger partial charge in [-0.15, -0.1) is 0 Å². The number of carbonyl (C=O) groups excluding carboxylic acids is 1. The summed E-state index contributed by atoms with van der Waals surface area (Å²) in [5.41, 5.74) is 6.77. The molecule has 0 aromatic heterocycles. The van der Waals surface area contributed by atoms with E-state index in [0.29, 0.717) is 0 Å². The third kappa shape index (κ3) is 3.02. The molecular weight excluding hydrogens is 316 g/mol. The molecule has 106 valence electrons. The minimum absolute atomic E-state index is 0.133. The summed E-state index contributed by atoms with van der Waals surface area (Å²) in [5.74, 6) is 0.0311. The summed E-state index contributed by atoms with van der Waals surface area (Å²) < 4.78 is 1.01. The van der Waals surface area contributed by atoms with Crippen LogP contribution in [0, 0.1) is 5.92 Å². The van der Waals surface area contributed by atoms with E-state index in [4.69, 9.17) is 5.73 Å². The minimum atomic E-state index is -0.484. The topological polar surface area (TPSA) is 55.1 Å². The lowest BCUT2D eigenvalue weighted by Gasteiger charge is -2.18. The highest BCUT2D eigenvalue weighted by atomic mass is 79.9. The molecule has 0 radical (unpaired) electrons. The zero-order chi connectivity index (χ0) is 14.7. The lowest BCUT2D eigenvalue weighted by molar-refractivity contribution is -0.118. The molecule has 2 rings (SSSR count). The van der Waals surface area contributed by atoms with E-state index in [0.717, 1.165) is 27.4 Å². The molecule has 0 saturated heterocycles. The summed E-state index contributed by atoms with van der Waals surface area (Å²) in [6.07, 6.45) is 0.885. The van der Waals surface area contributed by atoms with Crippen LogP contribution in [0.25, 0.3) is 10.8 Å². The van der Waals surface area contributed by atoms with Crippen LogP contribution in [0.3, 0.4) is 0 Å². The van der Waals surface area contributed by atoms with Crippen molar-refractivity contribution in [1.29, 1.82) is 0 Å². The average Bonchev–Trinajstić information content (AvgIpc) is 2.48. The van der Waals surface area contributed by atoms with E-state index in [1.807, 2.05) is 50.2 Å². The van der Waals surface area contributed by atoms with E-state index in [9.17, 15) is 4.79 Å². The minimum Gasteiger partial charge on any atom is -0.324 e. The highest BCUT2D eigenvalue weighted by Crippen LogP contribution is 2.30. The van der Waals surface area contributed by atoms with Crippen molar-refractivity contribution in [2.75, 3.05) is 5.32 Å². The largest absolute Gasteiger partial charge is 0.324 e. The molecule has 0 aliphatic rings. The van der Waals surface area contributed by atoms with Crippen LogP contribution >= 0.6 is 15.9 Å². The average molecular weight is 335 g/mol. The van der Waals surface area contributed by atoms with Gasteiger partial charge in [0.15, 0.2) is 0 Å². The number of hydrogen-bond donors (Lipinski definition) is 2. The first-order chi connectivity index (χ1) is 9.54. The number of rotatable bonds is 4.